The zero-order valence-corrected chi connectivity index (χ0v) is 11.6. The van der Waals surface area contributed by atoms with Crippen LogP contribution in [0.3, 0.4) is 0 Å². The van der Waals surface area contributed by atoms with E-state index in [1.807, 2.05) is 6.92 Å². The van der Waals surface area contributed by atoms with Gasteiger partial charge < -0.3 is 5.32 Å². The second kappa shape index (κ2) is 5.93. The molecule has 0 spiro atoms. The highest BCUT2D eigenvalue weighted by Gasteiger charge is 2.07. The van der Waals surface area contributed by atoms with Crippen LogP contribution in [0.4, 0.5) is 4.39 Å². The number of halogens is 1. The number of rotatable bonds is 4. The molecular formula is C16H19FN2. The van der Waals surface area contributed by atoms with Crippen molar-refractivity contribution < 1.29 is 4.39 Å². The molecule has 1 N–H and O–H groups in total. The SMILES string of the molecule is Cc1ccc(CNC(C)C)c(-c2cncc(F)c2)c1. The number of hydrogen-bond acceptors (Lipinski definition) is 2. The van der Waals surface area contributed by atoms with Crippen molar-refractivity contribution in [3.05, 3.63) is 53.6 Å². The summed E-state index contributed by atoms with van der Waals surface area (Å²) >= 11 is 0. The van der Waals surface area contributed by atoms with Crippen LogP contribution in [0, 0.1) is 12.7 Å². The second-order valence-corrected chi connectivity index (χ2v) is 5.09. The lowest BCUT2D eigenvalue weighted by molar-refractivity contribution is 0.589. The largest absolute Gasteiger partial charge is 0.310 e. The Kier molecular flexibility index (Phi) is 4.27. The van der Waals surface area contributed by atoms with Crippen LogP contribution in [0.2, 0.25) is 0 Å². The van der Waals surface area contributed by atoms with E-state index in [2.05, 4.69) is 42.3 Å². The Balaban J connectivity index is 2.39. The highest BCUT2D eigenvalue weighted by molar-refractivity contribution is 5.67. The van der Waals surface area contributed by atoms with Gasteiger partial charge in [0.25, 0.3) is 0 Å². The minimum absolute atomic E-state index is 0.304. The van der Waals surface area contributed by atoms with Gasteiger partial charge in [0.1, 0.15) is 5.82 Å². The van der Waals surface area contributed by atoms with Crippen molar-refractivity contribution in [3.8, 4) is 11.1 Å². The Labute approximate surface area is 113 Å². The molecule has 2 aromatic rings. The maximum absolute atomic E-state index is 13.3. The maximum atomic E-state index is 13.3. The third kappa shape index (κ3) is 3.61. The van der Waals surface area contributed by atoms with E-state index >= 15 is 0 Å². The normalized spacial score (nSPS) is 11.0. The van der Waals surface area contributed by atoms with E-state index in [1.165, 1.54) is 12.3 Å². The van der Waals surface area contributed by atoms with E-state index in [-0.39, 0.29) is 5.82 Å². The van der Waals surface area contributed by atoms with Crippen LogP contribution < -0.4 is 5.32 Å². The van der Waals surface area contributed by atoms with Crippen LogP contribution in [0.1, 0.15) is 25.0 Å². The van der Waals surface area contributed by atoms with Gasteiger partial charge in [0.05, 0.1) is 6.20 Å². The number of nitrogens with zero attached hydrogens (tertiary/aromatic N) is 1. The molecule has 0 aliphatic heterocycles. The highest BCUT2D eigenvalue weighted by Crippen LogP contribution is 2.25. The van der Waals surface area contributed by atoms with Crippen molar-refractivity contribution in [3.63, 3.8) is 0 Å². The molecule has 0 fully saturated rings. The van der Waals surface area contributed by atoms with Gasteiger partial charge in [-0.2, -0.15) is 0 Å². The first-order valence-corrected chi connectivity index (χ1v) is 6.50. The molecule has 1 aromatic carbocycles. The molecule has 0 radical (unpaired) electrons. The molecule has 1 heterocycles. The molecule has 1 aromatic heterocycles. The number of aryl methyl sites for hydroxylation is 1. The van der Waals surface area contributed by atoms with Crippen LogP contribution >= 0.6 is 0 Å². The lowest BCUT2D eigenvalue weighted by Crippen LogP contribution is -2.22. The van der Waals surface area contributed by atoms with Gasteiger partial charge >= 0.3 is 0 Å². The summed E-state index contributed by atoms with van der Waals surface area (Å²) in [6.45, 7) is 7.02. The predicted octanol–water partition coefficient (Wildman–Crippen LogP) is 3.69. The maximum Gasteiger partial charge on any atom is 0.142 e. The van der Waals surface area contributed by atoms with E-state index in [0.29, 0.717) is 6.04 Å². The van der Waals surface area contributed by atoms with Crippen molar-refractivity contribution >= 4 is 0 Å². The fraction of sp³-hybridized carbons (Fsp3) is 0.312. The summed E-state index contributed by atoms with van der Waals surface area (Å²) < 4.78 is 13.3. The summed E-state index contributed by atoms with van der Waals surface area (Å²) in [5.41, 5.74) is 4.18. The van der Waals surface area contributed by atoms with Crippen molar-refractivity contribution in [2.75, 3.05) is 0 Å². The first-order chi connectivity index (χ1) is 9.06. The molecule has 3 heteroatoms. The number of pyridine rings is 1. The van der Waals surface area contributed by atoms with Gasteiger partial charge in [-0.05, 0) is 24.1 Å². The predicted molar refractivity (Wildman–Crippen MR) is 76.3 cm³/mol. The van der Waals surface area contributed by atoms with Gasteiger partial charge in [-0.15, -0.1) is 0 Å². The number of nitrogens with one attached hydrogen (secondary N) is 1. The number of hydrogen-bond donors (Lipinski definition) is 1. The average molecular weight is 258 g/mol. The quantitative estimate of drug-likeness (QED) is 0.904. The Hall–Kier alpha value is -1.74. The summed E-state index contributed by atoms with van der Waals surface area (Å²) in [6.07, 6.45) is 2.93. The second-order valence-electron chi connectivity index (χ2n) is 5.09. The lowest BCUT2D eigenvalue weighted by atomic mass is 9.98. The van der Waals surface area contributed by atoms with Gasteiger partial charge in [-0.1, -0.05) is 37.6 Å². The van der Waals surface area contributed by atoms with E-state index < -0.39 is 0 Å². The molecule has 0 aliphatic rings. The Bertz CT molecular complexity index is 564. The molecule has 100 valence electrons. The summed E-state index contributed by atoms with van der Waals surface area (Å²) in [4.78, 5) is 3.93. The molecule has 0 amide bonds. The molecule has 19 heavy (non-hydrogen) atoms. The van der Waals surface area contributed by atoms with E-state index in [9.17, 15) is 4.39 Å². The van der Waals surface area contributed by atoms with Crippen LogP contribution in [-0.2, 0) is 6.54 Å². The first kappa shape index (κ1) is 13.7. The zero-order valence-electron chi connectivity index (χ0n) is 11.6. The van der Waals surface area contributed by atoms with Crippen LogP contribution in [0.25, 0.3) is 11.1 Å². The van der Waals surface area contributed by atoms with Gasteiger partial charge in [0.15, 0.2) is 0 Å². The topological polar surface area (TPSA) is 24.9 Å². The van der Waals surface area contributed by atoms with E-state index in [1.54, 1.807) is 6.20 Å². The van der Waals surface area contributed by atoms with Crippen molar-refractivity contribution in [1.82, 2.24) is 10.3 Å². The van der Waals surface area contributed by atoms with Crippen LogP contribution in [-0.4, -0.2) is 11.0 Å². The summed E-state index contributed by atoms with van der Waals surface area (Å²) in [7, 11) is 0. The average Bonchev–Trinajstić information content (AvgIpc) is 2.37. The number of benzene rings is 1. The molecule has 0 saturated carbocycles. The zero-order chi connectivity index (χ0) is 13.8. The van der Waals surface area contributed by atoms with Crippen molar-refractivity contribution in [2.24, 2.45) is 0 Å². The summed E-state index contributed by atoms with van der Waals surface area (Å²) in [5, 5.41) is 3.39. The minimum Gasteiger partial charge on any atom is -0.310 e. The van der Waals surface area contributed by atoms with E-state index in [0.717, 1.165) is 28.8 Å². The molecule has 2 rings (SSSR count). The van der Waals surface area contributed by atoms with Crippen molar-refractivity contribution in [2.45, 2.75) is 33.4 Å². The summed E-state index contributed by atoms with van der Waals surface area (Å²) in [6, 6.07) is 8.19. The summed E-state index contributed by atoms with van der Waals surface area (Å²) in [5.74, 6) is -0.304. The molecule has 0 unspecified atom stereocenters. The van der Waals surface area contributed by atoms with Crippen molar-refractivity contribution in [1.29, 1.82) is 0 Å². The Morgan fingerprint density at radius 3 is 2.68 bits per heavy atom. The smallest absolute Gasteiger partial charge is 0.142 e. The number of aromatic nitrogens is 1. The fourth-order valence-corrected chi connectivity index (χ4v) is 1.99. The third-order valence-corrected chi connectivity index (χ3v) is 2.98. The molecule has 0 aliphatic carbocycles. The molecular weight excluding hydrogens is 239 g/mol. The molecule has 0 bridgehead atoms. The molecule has 0 atom stereocenters. The van der Waals surface area contributed by atoms with Crippen LogP contribution in [0.5, 0.6) is 0 Å². The standard InChI is InChI=1S/C16H19FN2/c1-11(2)19-9-13-5-4-12(3)6-16(13)14-7-15(17)10-18-8-14/h4-8,10-11,19H,9H2,1-3H3. The molecule has 0 saturated heterocycles. The lowest BCUT2D eigenvalue weighted by Gasteiger charge is -2.13. The highest BCUT2D eigenvalue weighted by atomic mass is 19.1. The Morgan fingerprint density at radius 1 is 1.21 bits per heavy atom. The van der Waals surface area contributed by atoms with Gasteiger partial charge in [0, 0.05) is 24.3 Å². The third-order valence-electron chi connectivity index (χ3n) is 2.98. The van der Waals surface area contributed by atoms with Gasteiger partial charge in [-0.3, -0.25) is 4.98 Å². The Morgan fingerprint density at radius 2 is 2.00 bits per heavy atom. The fourth-order valence-electron chi connectivity index (χ4n) is 1.99. The monoisotopic (exact) mass is 258 g/mol. The van der Waals surface area contributed by atoms with Crippen LogP contribution in [0.15, 0.2) is 36.7 Å². The minimum atomic E-state index is -0.304. The van der Waals surface area contributed by atoms with E-state index in [4.69, 9.17) is 0 Å². The first-order valence-electron chi connectivity index (χ1n) is 6.50. The van der Waals surface area contributed by atoms with Gasteiger partial charge in [0.2, 0.25) is 0 Å². The van der Waals surface area contributed by atoms with Gasteiger partial charge in [-0.25, -0.2) is 4.39 Å². The molecule has 2 nitrogen and oxygen atoms in total.